The van der Waals surface area contributed by atoms with Crippen molar-refractivity contribution in [1.82, 2.24) is 24.2 Å². The van der Waals surface area contributed by atoms with Gasteiger partial charge >= 0.3 is 14.0 Å². The van der Waals surface area contributed by atoms with Crippen LogP contribution in [0.3, 0.4) is 0 Å². The lowest BCUT2D eigenvalue weighted by molar-refractivity contribution is -0.137. The van der Waals surface area contributed by atoms with Crippen molar-refractivity contribution in [2.45, 2.75) is 46.1 Å². The molecule has 3 heterocycles. The number of phosphoric ester groups is 1. The second kappa shape index (κ2) is 11.7. The number of aliphatic hydroxyl groups is 1. The number of nitrogens with zero attached hydrogens (tertiary/aromatic N) is 6. The van der Waals surface area contributed by atoms with E-state index in [1.165, 1.54) is 43.6 Å². The van der Waals surface area contributed by atoms with Crippen LogP contribution in [0.15, 0.2) is 36.7 Å². The largest absolute Gasteiger partial charge is 0.471 e. The summed E-state index contributed by atoms with van der Waals surface area (Å²) in [4.78, 5) is 38.7. The molecule has 218 valence electrons. The molecule has 0 bridgehead atoms. The van der Waals surface area contributed by atoms with Crippen molar-refractivity contribution in [1.29, 1.82) is 0 Å². The van der Waals surface area contributed by atoms with Gasteiger partial charge in [0, 0.05) is 19.3 Å². The number of phosphoric acid groups is 1. The molecule has 1 atom stereocenters. The second-order valence-corrected chi connectivity index (χ2v) is 10.1. The Morgan fingerprint density at radius 2 is 1.93 bits per heavy atom. The fourth-order valence-electron chi connectivity index (χ4n) is 4.32. The van der Waals surface area contributed by atoms with Gasteiger partial charge in [-0.3, -0.25) is 23.5 Å². The van der Waals surface area contributed by atoms with Crippen LogP contribution in [-0.2, 0) is 33.3 Å². The normalized spacial score (nSPS) is 16.1. The van der Waals surface area contributed by atoms with Crippen molar-refractivity contribution in [3.63, 3.8) is 0 Å². The number of aliphatic hydroxyl groups excluding tert-OH is 1. The number of imidazole rings is 1. The summed E-state index contributed by atoms with van der Waals surface area (Å²) in [5, 5.41) is 15.1. The number of benzene rings is 1. The number of carbonyl (C=O) groups is 1. The lowest BCUT2D eigenvalue weighted by Gasteiger charge is -2.40. The molecule has 0 saturated carbocycles. The summed E-state index contributed by atoms with van der Waals surface area (Å²) in [6.07, 6.45) is -2.27. The molecule has 0 fully saturated rings. The van der Waals surface area contributed by atoms with Crippen LogP contribution in [0.2, 0.25) is 0 Å². The highest BCUT2D eigenvalue weighted by Crippen LogP contribution is 2.37. The number of anilines is 1. The Balaban J connectivity index is 1.71. The average Bonchev–Trinajstić information content (AvgIpc) is 3.48. The first-order valence-electron chi connectivity index (χ1n) is 12.2. The maximum Gasteiger partial charge on any atom is 0.471 e. The third kappa shape index (κ3) is 6.37. The molecule has 1 aromatic carbocycles. The number of hydrogen-bond acceptors (Lipinski definition) is 8. The fourth-order valence-corrected chi connectivity index (χ4v) is 4.53. The third-order valence-corrected chi connectivity index (χ3v) is 6.50. The van der Waals surface area contributed by atoms with Crippen LogP contribution in [0.4, 0.5) is 19.0 Å². The number of aromatic nitrogens is 4. The van der Waals surface area contributed by atoms with Gasteiger partial charge < -0.3 is 24.5 Å². The smallest absolute Gasteiger partial charge is 0.356 e. The summed E-state index contributed by atoms with van der Waals surface area (Å²) in [6, 6.07) is 4.84. The minimum atomic E-state index is -4.81. The molecule has 0 spiro atoms. The number of ether oxygens (including phenoxy) is 1. The number of amides is 1. The lowest BCUT2D eigenvalue weighted by Crippen LogP contribution is -2.56. The molecule has 2 aromatic heterocycles. The van der Waals surface area contributed by atoms with E-state index in [9.17, 15) is 27.6 Å². The summed E-state index contributed by atoms with van der Waals surface area (Å²) >= 11 is 0. The molecule has 0 radical (unpaired) electrons. The summed E-state index contributed by atoms with van der Waals surface area (Å²) < 4.78 is 62.8. The first-order valence-corrected chi connectivity index (χ1v) is 13.7. The van der Waals surface area contributed by atoms with Crippen LogP contribution >= 0.6 is 7.82 Å². The molecule has 1 aliphatic rings. The quantitative estimate of drug-likeness (QED) is 0.173. The number of carbonyl (C=O) groups excluding carboxylic acids is 1. The van der Waals surface area contributed by atoms with Gasteiger partial charge in [-0.05, 0) is 31.0 Å². The standard InChI is InChI=1S/C23H28F3N6O7P/c1-3-8-31-21(33)18-20(30(4-2)22(31)34)28-19(32(18)13-38-14-39-40(35,36)37)16-10-27-29(12-16)11-15-6-5-7-17(9-15)23(24,25)26/h5-7,9-10,12,22,34H,3-4,8,11,13-14H2,1-2H3,(H2,35,36,37). The van der Waals surface area contributed by atoms with Gasteiger partial charge in [-0.1, -0.05) is 19.1 Å². The van der Waals surface area contributed by atoms with E-state index in [2.05, 4.69) is 14.6 Å². The van der Waals surface area contributed by atoms with Crippen molar-refractivity contribution in [2.75, 3.05) is 24.8 Å². The maximum atomic E-state index is 13.4. The lowest BCUT2D eigenvalue weighted by atomic mass is 10.1. The Kier molecular flexibility index (Phi) is 8.68. The second-order valence-electron chi connectivity index (χ2n) is 8.86. The van der Waals surface area contributed by atoms with Gasteiger partial charge in [-0.15, -0.1) is 0 Å². The van der Waals surface area contributed by atoms with Gasteiger partial charge in [0.2, 0.25) is 6.35 Å². The van der Waals surface area contributed by atoms with E-state index in [0.717, 1.165) is 12.1 Å². The Bertz CT molecular complexity index is 1410. The highest BCUT2D eigenvalue weighted by Gasteiger charge is 2.41. The van der Waals surface area contributed by atoms with Gasteiger partial charge in [0.25, 0.3) is 5.91 Å². The van der Waals surface area contributed by atoms with E-state index in [4.69, 9.17) is 14.5 Å². The van der Waals surface area contributed by atoms with Gasteiger partial charge in [-0.25, -0.2) is 9.55 Å². The first kappa shape index (κ1) is 29.7. The van der Waals surface area contributed by atoms with Crippen molar-refractivity contribution in [2.24, 2.45) is 0 Å². The fraction of sp³-hybridized carbons (Fsp3) is 0.435. The first-order chi connectivity index (χ1) is 18.8. The summed E-state index contributed by atoms with van der Waals surface area (Å²) in [5.74, 6) is -0.204. The molecular weight excluding hydrogens is 560 g/mol. The predicted octanol–water partition coefficient (Wildman–Crippen LogP) is 2.82. The molecule has 3 aromatic rings. The van der Waals surface area contributed by atoms with Crippen molar-refractivity contribution in [3.05, 3.63) is 53.5 Å². The maximum absolute atomic E-state index is 13.4. The predicted molar refractivity (Wildman–Crippen MR) is 133 cm³/mol. The van der Waals surface area contributed by atoms with Crippen molar-refractivity contribution < 1.29 is 46.7 Å². The Hall–Kier alpha value is -3.27. The van der Waals surface area contributed by atoms with E-state index < -0.39 is 45.3 Å². The molecule has 0 saturated heterocycles. The zero-order valence-corrected chi connectivity index (χ0v) is 22.4. The summed E-state index contributed by atoms with van der Waals surface area (Å²) in [6.45, 7) is 2.95. The number of rotatable bonds is 11. The molecule has 1 unspecified atom stereocenters. The number of halogens is 3. The van der Waals surface area contributed by atoms with Crippen molar-refractivity contribution >= 4 is 19.5 Å². The van der Waals surface area contributed by atoms with Gasteiger partial charge in [0.1, 0.15) is 12.6 Å². The molecule has 13 nitrogen and oxygen atoms in total. The van der Waals surface area contributed by atoms with E-state index in [1.54, 1.807) is 6.92 Å². The summed E-state index contributed by atoms with van der Waals surface area (Å²) in [7, 11) is -4.81. The molecule has 4 rings (SSSR count). The molecule has 17 heteroatoms. The van der Waals surface area contributed by atoms with Crippen LogP contribution in [-0.4, -0.2) is 71.3 Å². The van der Waals surface area contributed by atoms with E-state index in [0.29, 0.717) is 17.5 Å². The number of hydrogen-bond donors (Lipinski definition) is 3. The van der Waals surface area contributed by atoms with Crippen LogP contribution in [0.5, 0.6) is 0 Å². The van der Waals surface area contributed by atoms with E-state index >= 15 is 0 Å². The minimum absolute atomic E-state index is 0.0139. The highest BCUT2D eigenvalue weighted by atomic mass is 31.2. The van der Waals surface area contributed by atoms with Crippen LogP contribution in [0.25, 0.3) is 11.4 Å². The topological polar surface area (TPSA) is 155 Å². The van der Waals surface area contributed by atoms with Crippen LogP contribution in [0.1, 0.15) is 41.9 Å². The molecule has 1 aliphatic heterocycles. The SMILES string of the molecule is CCCN1C(=O)c2c(nc(-c3cnn(Cc4cccc(C(F)(F)F)c4)c3)n2COCOP(=O)(O)O)N(CC)C1O. The molecule has 40 heavy (non-hydrogen) atoms. The van der Waals surface area contributed by atoms with Gasteiger partial charge in [-0.2, -0.15) is 18.3 Å². The molecular formula is C23H28F3N6O7P. The Morgan fingerprint density at radius 1 is 1.18 bits per heavy atom. The zero-order chi connectivity index (χ0) is 29.2. The number of fused-ring (bicyclic) bond motifs is 1. The third-order valence-electron chi connectivity index (χ3n) is 6.06. The van der Waals surface area contributed by atoms with Crippen molar-refractivity contribution in [3.8, 4) is 11.4 Å². The van der Waals surface area contributed by atoms with Gasteiger partial charge in [0.05, 0.1) is 23.9 Å². The molecule has 0 aliphatic carbocycles. The van der Waals surface area contributed by atoms with Gasteiger partial charge in [0.15, 0.2) is 18.3 Å². The van der Waals surface area contributed by atoms with Crippen LogP contribution < -0.4 is 4.90 Å². The monoisotopic (exact) mass is 588 g/mol. The van der Waals surface area contributed by atoms with E-state index in [-0.39, 0.29) is 37.0 Å². The zero-order valence-electron chi connectivity index (χ0n) is 21.5. The average molecular weight is 588 g/mol. The minimum Gasteiger partial charge on any atom is -0.356 e. The highest BCUT2D eigenvalue weighted by molar-refractivity contribution is 7.46. The summed E-state index contributed by atoms with van der Waals surface area (Å²) in [5.41, 5.74) is 0.0120. The molecule has 3 N–H and O–H groups in total. The van der Waals surface area contributed by atoms with Crippen LogP contribution in [0, 0.1) is 0 Å². The Morgan fingerprint density at radius 3 is 2.58 bits per heavy atom. The van der Waals surface area contributed by atoms with E-state index in [1.807, 2.05) is 6.92 Å². The number of alkyl halides is 3. The molecule has 1 amide bonds. The Labute approximate surface area is 226 Å².